The lowest BCUT2D eigenvalue weighted by atomic mass is 10.0. The van der Waals surface area contributed by atoms with Crippen LogP contribution in [0.3, 0.4) is 0 Å². The Balaban J connectivity index is 2.03. The maximum Gasteiger partial charge on any atom is 0.329 e. The Morgan fingerprint density at radius 2 is 1.47 bits per heavy atom. The van der Waals surface area contributed by atoms with E-state index in [2.05, 4.69) is 10.0 Å². The zero-order chi connectivity index (χ0) is 25.5. The molecule has 2 aromatic rings. The molecule has 2 aromatic carbocycles. The summed E-state index contributed by atoms with van der Waals surface area (Å²) in [4.78, 5) is 38.1. The number of anilines is 1. The quantitative estimate of drug-likeness (QED) is 0.366. The standard InChI is InChI=1S/C24H30N2O7S/c1-6-32-20-13-9-18(10-14-20)23(28)25-21(15(2)3)24(29)33-16(4)22(27)17-7-11-19(12-8-17)26-34(5,30)31/h7-16,21,26H,6H2,1-5H3,(H,25,28)/t16?,21-/m0/s1. The van der Waals surface area contributed by atoms with Crippen LogP contribution in [0.1, 0.15) is 48.4 Å². The number of esters is 1. The number of ketones is 1. The van der Waals surface area contributed by atoms with Crippen molar-refractivity contribution >= 4 is 33.4 Å². The summed E-state index contributed by atoms with van der Waals surface area (Å²) in [6, 6.07) is 11.3. The van der Waals surface area contributed by atoms with Crippen molar-refractivity contribution in [2.45, 2.75) is 39.8 Å². The Morgan fingerprint density at radius 3 is 1.97 bits per heavy atom. The van der Waals surface area contributed by atoms with Gasteiger partial charge >= 0.3 is 5.97 Å². The highest BCUT2D eigenvalue weighted by atomic mass is 32.2. The SMILES string of the molecule is CCOc1ccc(C(=O)N[C@H](C(=O)OC(C)C(=O)c2ccc(NS(C)(=O)=O)cc2)C(C)C)cc1. The van der Waals surface area contributed by atoms with E-state index >= 15 is 0 Å². The Kier molecular flexibility index (Phi) is 9.19. The van der Waals surface area contributed by atoms with Gasteiger partial charge in [0.05, 0.1) is 12.9 Å². The topological polar surface area (TPSA) is 128 Å². The van der Waals surface area contributed by atoms with E-state index in [1.807, 2.05) is 6.92 Å². The molecule has 2 rings (SSSR count). The van der Waals surface area contributed by atoms with Crippen LogP contribution in [0.5, 0.6) is 5.75 Å². The van der Waals surface area contributed by atoms with Gasteiger partial charge in [0.2, 0.25) is 15.8 Å². The maximum atomic E-state index is 12.8. The second-order valence-corrected chi connectivity index (χ2v) is 9.80. The van der Waals surface area contributed by atoms with E-state index in [4.69, 9.17) is 9.47 Å². The molecule has 0 aliphatic carbocycles. The molecule has 1 unspecified atom stereocenters. The summed E-state index contributed by atoms with van der Waals surface area (Å²) < 4.78 is 35.6. The summed E-state index contributed by atoms with van der Waals surface area (Å²) in [7, 11) is -3.44. The maximum absolute atomic E-state index is 12.8. The number of carbonyl (C=O) groups excluding carboxylic acids is 3. The van der Waals surface area contributed by atoms with Crippen LogP contribution in [0, 0.1) is 5.92 Å². The van der Waals surface area contributed by atoms with Crippen molar-refractivity contribution in [1.82, 2.24) is 5.32 Å². The van der Waals surface area contributed by atoms with Gasteiger partial charge in [-0.3, -0.25) is 14.3 Å². The number of Topliss-reactive ketones (excluding diaryl/α,β-unsaturated/α-hetero) is 1. The zero-order valence-electron chi connectivity index (χ0n) is 19.8. The fraction of sp³-hybridized carbons (Fsp3) is 0.375. The Bertz CT molecular complexity index is 1110. The molecule has 2 N–H and O–H groups in total. The summed E-state index contributed by atoms with van der Waals surface area (Å²) >= 11 is 0. The van der Waals surface area contributed by atoms with Gasteiger partial charge in [-0.25, -0.2) is 13.2 Å². The van der Waals surface area contributed by atoms with Gasteiger partial charge in [-0.1, -0.05) is 13.8 Å². The Labute approximate surface area is 199 Å². The molecule has 1 amide bonds. The molecule has 0 saturated heterocycles. The normalized spacial score (nSPS) is 13.0. The van der Waals surface area contributed by atoms with Crippen LogP contribution in [-0.2, 0) is 19.6 Å². The molecule has 2 atom stereocenters. The first-order valence-corrected chi connectivity index (χ1v) is 12.7. The lowest BCUT2D eigenvalue weighted by molar-refractivity contribution is -0.149. The van der Waals surface area contributed by atoms with E-state index in [-0.39, 0.29) is 11.5 Å². The molecule has 0 aromatic heterocycles. The average Bonchev–Trinajstić information content (AvgIpc) is 2.76. The van der Waals surface area contributed by atoms with E-state index in [0.29, 0.717) is 23.6 Å². The first-order valence-electron chi connectivity index (χ1n) is 10.8. The molecule has 0 spiro atoms. The predicted octanol–water partition coefficient (Wildman–Crippen LogP) is 3.03. The molecule has 0 radical (unpaired) electrons. The van der Waals surface area contributed by atoms with Gasteiger partial charge in [0, 0.05) is 16.8 Å². The number of hydrogen-bond donors (Lipinski definition) is 2. The van der Waals surface area contributed by atoms with Crippen LogP contribution in [0.15, 0.2) is 48.5 Å². The fourth-order valence-electron chi connectivity index (χ4n) is 3.04. The summed E-state index contributed by atoms with van der Waals surface area (Å²) in [5.74, 6) is -1.30. The van der Waals surface area contributed by atoms with E-state index in [0.717, 1.165) is 6.26 Å². The second-order valence-electron chi connectivity index (χ2n) is 8.05. The molecule has 184 valence electrons. The van der Waals surface area contributed by atoms with Crippen LogP contribution in [0.25, 0.3) is 0 Å². The molecule has 0 fully saturated rings. The highest BCUT2D eigenvalue weighted by molar-refractivity contribution is 7.92. The predicted molar refractivity (Wildman–Crippen MR) is 128 cm³/mol. The number of rotatable bonds is 11. The van der Waals surface area contributed by atoms with Gasteiger partial charge in [0.15, 0.2) is 6.10 Å². The van der Waals surface area contributed by atoms with Crippen molar-refractivity contribution in [3.05, 3.63) is 59.7 Å². The Hall–Kier alpha value is -3.40. The number of benzene rings is 2. The first kappa shape index (κ1) is 26.8. The van der Waals surface area contributed by atoms with Crippen molar-refractivity contribution in [3.63, 3.8) is 0 Å². The van der Waals surface area contributed by atoms with Crippen LogP contribution in [0.4, 0.5) is 5.69 Å². The highest BCUT2D eigenvalue weighted by Gasteiger charge is 2.29. The number of amides is 1. The smallest absolute Gasteiger partial charge is 0.329 e. The van der Waals surface area contributed by atoms with Crippen molar-refractivity contribution in [2.24, 2.45) is 5.92 Å². The van der Waals surface area contributed by atoms with Gasteiger partial charge in [-0.15, -0.1) is 0 Å². The number of nitrogens with one attached hydrogen (secondary N) is 2. The van der Waals surface area contributed by atoms with Crippen LogP contribution < -0.4 is 14.8 Å². The van der Waals surface area contributed by atoms with Gasteiger partial charge in [-0.2, -0.15) is 0 Å². The van der Waals surface area contributed by atoms with Crippen molar-refractivity contribution in [2.75, 3.05) is 17.6 Å². The van der Waals surface area contributed by atoms with E-state index in [1.165, 1.54) is 31.2 Å². The summed E-state index contributed by atoms with van der Waals surface area (Å²) in [5, 5.41) is 2.67. The van der Waals surface area contributed by atoms with Crippen molar-refractivity contribution in [1.29, 1.82) is 0 Å². The van der Waals surface area contributed by atoms with E-state index in [1.54, 1.807) is 38.1 Å². The molecule has 10 heteroatoms. The van der Waals surface area contributed by atoms with Gasteiger partial charge < -0.3 is 14.8 Å². The van der Waals surface area contributed by atoms with Gasteiger partial charge in [0.1, 0.15) is 11.8 Å². The molecular weight excluding hydrogens is 460 g/mol. The average molecular weight is 491 g/mol. The minimum absolute atomic E-state index is 0.249. The van der Waals surface area contributed by atoms with Crippen molar-refractivity contribution in [3.8, 4) is 5.75 Å². The lowest BCUT2D eigenvalue weighted by Gasteiger charge is -2.23. The minimum atomic E-state index is -3.44. The monoisotopic (exact) mass is 490 g/mol. The number of carbonyl (C=O) groups is 3. The fourth-order valence-corrected chi connectivity index (χ4v) is 3.61. The molecular formula is C24H30N2O7S. The summed E-state index contributed by atoms with van der Waals surface area (Å²) in [5.41, 5.74) is 0.910. The summed E-state index contributed by atoms with van der Waals surface area (Å²) in [6.07, 6.45) is -0.0854. The third-order valence-electron chi connectivity index (χ3n) is 4.77. The Morgan fingerprint density at radius 1 is 0.912 bits per heavy atom. The van der Waals surface area contributed by atoms with Crippen molar-refractivity contribution < 1.29 is 32.3 Å². The third-order valence-corrected chi connectivity index (χ3v) is 5.38. The zero-order valence-corrected chi connectivity index (χ0v) is 20.6. The van der Waals surface area contributed by atoms with Gasteiger partial charge in [0.25, 0.3) is 5.91 Å². The first-order chi connectivity index (χ1) is 15.9. The van der Waals surface area contributed by atoms with Crippen LogP contribution >= 0.6 is 0 Å². The highest BCUT2D eigenvalue weighted by Crippen LogP contribution is 2.16. The van der Waals surface area contributed by atoms with Gasteiger partial charge in [-0.05, 0) is 68.3 Å². The van der Waals surface area contributed by atoms with E-state index in [9.17, 15) is 22.8 Å². The second kappa shape index (κ2) is 11.6. The number of hydrogen-bond acceptors (Lipinski definition) is 7. The third kappa shape index (κ3) is 7.87. The van der Waals surface area contributed by atoms with E-state index < -0.39 is 39.8 Å². The number of sulfonamides is 1. The lowest BCUT2D eigenvalue weighted by Crippen LogP contribution is -2.46. The van der Waals surface area contributed by atoms with Crippen LogP contribution in [0.2, 0.25) is 0 Å². The van der Waals surface area contributed by atoms with Crippen LogP contribution in [-0.4, -0.2) is 51.1 Å². The molecule has 0 heterocycles. The molecule has 0 aliphatic rings. The molecule has 0 saturated carbocycles. The number of ether oxygens (including phenoxy) is 2. The molecule has 0 aliphatic heterocycles. The minimum Gasteiger partial charge on any atom is -0.494 e. The largest absolute Gasteiger partial charge is 0.494 e. The molecule has 9 nitrogen and oxygen atoms in total. The molecule has 34 heavy (non-hydrogen) atoms. The molecule has 0 bridgehead atoms. The summed E-state index contributed by atoms with van der Waals surface area (Å²) in [6.45, 7) is 7.31.